The fourth-order valence-corrected chi connectivity index (χ4v) is 1.84. The van der Waals surface area contributed by atoms with E-state index in [0.29, 0.717) is 23.0 Å². The van der Waals surface area contributed by atoms with Gasteiger partial charge < -0.3 is 14.5 Å². The molecule has 0 aliphatic heterocycles. The zero-order valence-electron chi connectivity index (χ0n) is 10.5. The number of imidazole rings is 1. The molecule has 6 nitrogen and oxygen atoms in total. The number of methoxy groups -OCH3 is 2. The van der Waals surface area contributed by atoms with E-state index in [9.17, 15) is 0 Å². The van der Waals surface area contributed by atoms with Gasteiger partial charge in [0.05, 0.1) is 20.4 Å². The molecule has 0 saturated heterocycles. The molecular formula is C13H12N4O2. The van der Waals surface area contributed by atoms with Gasteiger partial charge in [-0.25, -0.2) is 15.0 Å². The monoisotopic (exact) mass is 256 g/mol. The Balaban J connectivity index is 2.14. The molecule has 0 atom stereocenters. The van der Waals surface area contributed by atoms with Crippen LogP contribution in [0.15, 0.2) is 30.7 Å². The van der Waals surface area contributed by atoms with Crippen LogP contribution in [0.3, 0.4) is 0 Å². The molecule has 0 radical (unpaired) electrons. The van der Waals surface area contributed by atoms with Crippen molar-refractivity contribution < 1.29 is 9.47 Å². The molecule has 3 rings (SSSR count). The van der Waals surface area contributed by atoms with Crippen LogP contribution >= 0.6 is 0 Å². The molecule has 0 amide bonds. The summed E-state index contributed by atoms with van der Waals surface area (Å²) in [7, 11) is 3.23. The Morgan fingerprint density at radius 2 is 1.79 bits per heavy atom. The Labute approximate surface area is 109 Å². The van der Waals surface area contributed by atoms with Crippen molar-refractivity contribution in [1.82, 2.24) is 19.9 Å². The lowest BCUT2D eigenvalue weighted by Gasteiger charge is -2.06. The van der Waals surface area contributed by atoms with E-state index in [1.54, 1.807) is 20.4 Å². The molecule has 0 aliphatic rings. The molecule has 1 N–H and O–H groups in total. The Morgan fingerprint density at radius 3 is 2.42 bits per heavy atom. The third kappa shape index (κ3) is 2.08. The number of aromatic amines is 1. The fraction of sp³-hybridized carbons (Fsp3) is 0.154. The highest BCUT2D eigenvalue weighted by Gasteiger charge is 2.09. The number of aromatic nitrogens is 4. The van der Waals surface area contributed by atoms with Crippen LogP contribution in [0.2, 0.25) is 0 Å². The van der Waals surface area contributed by atoms with Crippen molar-refractivity contribution in [3.05, 3.63) is 30.7 Å². The highest BCUT2D eigenvalue weighted by Crippen LogP contribution is 2.28. The van der Waals surface area contributed by atoms with Gasteiger partial charge in [0.15, 0.2) is 5.65 Å². The second-order valence-electron chi connectivity index (χ2n) is 3.95. The summed E-state index contributed by atoms with van der Waals surface area (Å²) in [5.74, 6) is 2.12. The minimum absolute atomic E-state index is 0.631. The van der Waals surface area contributed by atoms with E-state index < -0.39 is 0 Å². The summed E-state index contributed by atoms with van der Waals surface area (Å²) in [4.78, 5) is 15.6. The maximum Gasteiger partial charge on any atom is 0.181 e. The average molecular weight is 256 g/mol. The van der Waals surface area contributed by atoms with Crippen LogP contribution in [0.1, 0.15) is 0 Å². The predicted octanol–water partition coefficient (Wildman–Crippen LogP) is 2.04. The summed E-state index contributed by atoms with van der Waals surface area (Å²) in [6, 6.07) is 5.58. The summed E-state index contributed by atoms with van der Waals surface area (Å²) in [5, 5.41) is 0. The first-order valence-electron chi connectivity index (χ1n) is 5.69. The standard InChI is InChI=1S/C13H12N4O2/c1-18-9-3-8(4-10(5-9)19-2)12-16-11-6-14-7-15-13(11)17-12/h3-7H,1-2H3,(H,14,15,16,17). The van der Waals surface area contributed by atoms with E-state index in [0.717, 1.165) is 11.1 Å². The van der Waals surface area contributed by atoms with Gasteiger partial charge in [0, 0.05) is 11.6 Å². The lowest BCUT2D eigenvalue weighted by molar-refractivity contribution is 0.394. The molecule has 0 fully saturated rings. The largest absolute Gasteiger partial charge is 0.497 e. The first-order chi connectivity index (χ1) is 9.30. The molecule has 3 aromatic rings. The maximum atomic E-state index is 5.24. The topological polar surface area (TPSA) is 72.9 Å². The number of rotatable bonds is 3. The molecular weight excluding hydrogens is 244 g/mol. The zero-order valence-corrected chi connectivity index (χ0v) is 10.5. The number of hydrogen-bond acceptors (Lipinski definition) is 5. The number of nitrogens with zero attached hydrogens (tertiary/aromatic N) is 3. The van der Waals surface area contributed by atoms with Crippen molar-refractivity contribution in [3.63, 3.8) is 0 Å². The molecule has 2 aromatic heterocycles. The van der Waals surface area contributed by atoms with Gasteiger partial charge in [-0.05, 0) is 12.1 Å². The molecule has 0 bridgehead atoms. The average Bonchev–Trinajstić information content (AvgIpc) is 2.90. The number of benzene rings is 1. The third-order valence-corrected chi connectivity index (χ3v) is 2.79. The number of nitrogens with one attached hydrogen (secondary N) is 1. The Kier molecular flexibility index (Phi) is 2.75. The molecule has 2 heterocycles. The summed E-state index contributed by atoms with van der Waals surface area (Å²) in [5.41, 5.74) is 2.29. The molecule has 1 aromatic carbocycles. The maximum absolute atomic E-state index is 5.24. The van der Waals surface area contributed by atoms with E-state index in [-0.39, 0.29) is 0 Å². The van der Waals surface area contributed by atoms with Crippen LogP contribution in [0, 0.1) is 0 Å². The van der Waals surface area contributed by atoms with Crippen LogP contribution < -0.4 is 9.47 Å². The van der Waals surface area contributed by atoms with Gasteiger partial charge in [-0.2, -0.15) is 0 Å². The van der Waals surface area contributed by atoms with Gasteiger partial charge in [-0.15, -0.1) is 0 Å². The normalized spacial score (nSPS) is 10.6. The Morgan fingerprint density at radius 1 is 1.05 bits per heavy atom. The van der Waals surface area contributed by atoms with E-state index >= 15 is 0 Å². The van der Waals surface area contributed by atoms with Crippen LogP contribution in [-0.2, 0) is 0 Å². The van der Waals surface area contributed by atoms with E-state index in [1.165, 1.54) is 6.33 Å². The van der Waals surface area contributed by atoms with Crippen molar-refractivity contribution in [3.8, 4) is 22.9 Å². The van der Waals surface area contributed by atoms with Crippen molar-refractivity contribution in [1.29, 1.82) is 0 Å². The fourth-order valence-electron chi connectivity index (χ4n) is 1.84. The van der Waals surface area contributed by atoms with Crippen molar-refractivity contribution in [2.75, 3.05) is 14.2 Å². The second kappa shape index (κ2) is 4.56. The van der Waals surface area contributed by atoms with Gasteiger partial charge in [0.2, 0.25) is 0 Å². The SMILES string of the molecule is COc1cc(OC)cc(-c2nc3ncncc3[nH]2)c1. The summed E-state index contributed by atoms with van der Waals surface area (Å²) in [6.45, 7) is 0. The predicted molar refractivity (Wildman–Crippen MR) is 70.2 cm³/mol. The van der Waals surface area contributed by atoms with Crippen LogP contribution in [0.5, 0.6) is 11.5 Å². The first-order valence-corrected chi connectivity index (χ1v) is 5.69. The first kappa shape index (κ1) is 11.5. The molecule has 19 heavy (non-hydrogen) atoms. The smallest absolute Gasteiger partial charge is 0.181 e. The van der Waals surface area contributed by atoms with Crippen LogP contribution in [-0.4, -0.2) is 34.2 Å². The minimum atomic E-state index is 0.631. The molecule has 0 unspecified atom stereocenters. The van der Waals surface area contributed by atoms with Crippen molar-refractivity contribution in [2.24, 2.45) is 0 Å². The number of fused-ring (bicyclic) bond motifs is 1. The molecule has 0 spiro atoms. The summed E-state index contributed by atoms with van der Waals surface area (Å²) in [6.07, 6.45) is 3.16. The van der Waals surface area contributed by atoms with Gasteiger partial charge in [0.1, 0.15) is 29.2 Å². The third-order valence-electron chi connectivity index (χ3n) is 2.79. The van der Waals surface area contributed by atoms with Gasteiger partial charge in [-0.3, -0.25) is 0 Å². The zero-order chi connectivity index (χ0) is 13.2. The van der Waals surface area contributed by atoms with E-state index in [2.05, 4.69) is 19.9 Å². The molecule has 6 heteroatoms. The highest BCUT2D eigenvalue weighted by atomic mass is 16.5. The second-order valence-corrected chi connectivity index (χ2v) is 3.95. The van der Waals surface area contributed by atoms with Crippen LogP contribution in [0.4, 0.5) is 0 Å². The number of hydrogen-bond donors (Lipinski definition) is 1. The quantitative estimate of drug-likeness (QED) is 0.776. The summed E-state index contributed by atoms with van der Waals surface area (Å²) < 4.78 is 10.5. The van der Waals surface area contributed by atoms with Gasteiger partial charge in [0.25, 0.3) is 0 Å². The lowest BCUT2D eigenvalue weighted by Crippen LogP contribution is -1.89. The molecule has 96 valence electrons. The van der Waals surface area contributed by atoms with Gasteiger partial charge >= 0.3 is 0 Å². The molecule has 0 aliphatic carbocycles. The molecule has 0 saturated carbocycles. The van der Waals surface area contributed by atoms with Gasteiger partial charge in [-0.1, -0.05) is 0 Å². The van der Waals surface area contributed by atoms with Crippen molar-refractivity contribution in [2.45, 2.75) is 0 Å². The highest BCUT2D eigenvalue weighted by molar-refractivity contribution is 5.75. The Hall–Kier alpha value is -2.63. The van der Waals surface area contributed by atoms with Crippen molar-refractivity contribution >= 4 is 11.2 Å². The summed E-state index contributed by atoms with van der Waals surface area (Å²) >= 11 is 0. The minimum Gasteiger partial charge on any atom is -0.497 e. The lowest BCUT2D eigenvalue weighted by atomic mass is 10.2. The van der Waals surface area contributed by atoms with E-state index in [4.69, 9.17) is 9.47 Å². The number of H-pyrrole nitrogens is 1. The number of ether oxygens (including phenoxy) is 2. The van der Waals surface area contributed by atoms with E-state index in [1.807, 2.05) is 18.2 Å². The Bertz CT molecular complexity index is 668. The van der Waals surface area contributed by atoms with Crippen LogP contribution in [0.25, 0.3) is 22.6 Å².